The quantitative estimate of drug-likeness (QED) is 0.191. The highest BCUT2D eigenvalue weighted by Crippen LogP contribution is 2.41. The molecule has 3 aromatic rings. The number of hydrogen-bond acceptors (Lipinski definition) is 7. The topological polar surface area (TPSA) is 116 Å². The lowest BCUT2D eigenvalue weighted by molar-refractivity contribution is -0.156. The zero-order valence-corrected chi connectivity index (χ0v) is 25.3. The fraction of sp³-hybridized carbons (Fsp3) is 0.469. The summed E-state index contributed by atoms with van der Waals surface area (Å²) < 4.78 is 7.44. The lowest BCUT2D eigenvalue weighted by Gasteiger charge is -2.29. The normalized spacial score (nSPS) is 12.7. The molecule has 42 heavy (non-hydrogen) atoms. The van der Waals surface area contributed by atoms with Crippen LogP contribution < -0.4 is 10.4 Å². The monoisotopic (exact) mass is 575 g/mol. The molecule has 1 N–H and O–H groups in total. The number of carbonyl (C=O) groups excluding carboxylic acids is 3. The van der Waals surface area contributed by atoms with Crippen molar-refractivity contribution in [1.82, 2.24) is 20.5 Å². The van der Waals surface area contributed by atoms with Gasteiger partial charge in [0.1, 0.15) is 5.69 Å². The molecule has 0 atom stereocenters. The van der Waals surface area contributed by atoms with Gasteiger partial charge in [0.2, 0.25) is 11.8 Å². The molecule has 2 heterocycles. The van der Waals surface area contributed by atoms with Crippen LogP contribution in [0.15, 0.2) is 48.5 Å². The lowest BCUT2D eigenvalue weighted by atomic mass is 9.81. The molecule has 0 bridgehead atoms. The third-order valence-electron chi connectivity index (χ3n) is 7.92. The van der Waals surface area contributed by atoms with Crippen molar-refractivity contribution in [2.45, 2.75) is 67.5 Å². The predicted octanol–water partition coefficient (Wildman–Crippen LogP) is 5.17. The van der Waals surface area contributed by atoms with Gasteiger partial charge in [-0.2, -0.15) is 0 Å². The van der Waals surface area contributed by atoms with E-state index in [2.05, 4.69) is 15.8 Å². The van der Waals surface area contributed by atoms with Crippen LogP contribution in [0.4, 0.5) is 5.69 Å². The van der Waals surface area contributed by atoms with Crippen molar-refractivity contribution in [2.24, 2.45) is 17.3 Å². The third kappa shape index (κ3) is 6.70. The summed E-state index contributed by atoms with van der Waals surface area (Å²) in [4.78, 5) is 45.1. The second kappa shape index (κ2) is 13.3. The van der Waals surface area contributed by atoms with E-state index in [0.29, 0.717) is 19.5 Å². The Hall–Kier alpha value is -4.05. The van der Waals surface area contributed by atoms with Crippen LogP contribution in [0.3, 0.4) is 0 Å². The molecule has 0 fully saturated rings. The molecule has 0 unspecified atom stereocenters. The predicted molar refractivity (Wildman–Crippen MR) is 160 cm³/mol. The number of fused-ring (bicyclic) bond motifs is 5. The van der Waals surface area contributed by atoms with Gasteiger partial charge in [-0.3, -0.25) is 19.2 Å². The first-order valence-corrected chi connectivity index (χ1v) is 14.5. The maximum Gasteiger partial charge on any atom is 0.311 e. The summed E-state index contributed by atoms with van der Waals surface area (Å²) >= 11 is 0. The molecule has 0 radical (unpaired) electrons. The summed E-state index contributed by atoms with van der Waals surface area (Å²) in [5.74, 6) is -0.650. The van der Waals surface area contributed by atoms with Crippen molar-refractivity contribution in [3.8, 4) is 22.5 Å². The lowest BCUT2D eigenvalue weighted by Crippen LogP contribution is -2.34. The molecule has 2 aromatic carbocycles. The van der Waals surface area contributed by atoms with Gasteiger partial charge in [-0.1, -0.05) is 75.4 Å². The number of benzene rings is 2. The van der Waals surface area contributed by atoms with Crippen LogP contribution in [0.25, 0.3) is 22.5 Å². The Kier molecular flexibility index (Phi) is 9.78. The molecule has 10 heteroatoms. The molecule has 10 nitrogen and oxygen atoms in total. The van der Waals surface area contributed by atoms with Crippen molar-refractivity contribution in [2.75, 3.05) is 18.1 Å². The largest absolute Gasteiger partial charge is 0.465 e. The van der Waals surface area contributed by atoms with Crippen LogP contribution in [0.5, 0.6) is 0 Å². The summed E-state index contributed by atoms with van der Waals surface area (Å²) in [5, 5.41) is 9.07. The molecule has 1 aromatic heterocycles. The summed E-state index contributed by atoms with van der Waals surface area (Å²) in [7, 11) is 0. The van der Waals surface area contributed by atoms with E-state index in [1.165, 1.54) is 0 Å². The zero-order valence-electron chi connectivity index (χ0n) is 25.3. The number of aryl methyl sites for hydroxylation is 1. The minimum Gasteiger partial charge on any atom is -0.465 e. The molecule has 224 valence electrons. The van der Waals surface area contributed by atoms with E-state index in [1.807, 2.05) is 80.9 Å². The molecular formula is C32H41N5O5. The Balaban J connectivity index is 1.60. The number of para-hydroxylation sites is 1. The molecular weight excluding hydrogens is 534 g/mol. The second-order valence-electron chi connectivity index (χ2n) is 11.7. The molecule has 0 saturated carbocycles. The number of carbonyl (C=O) groups is 3. The molecule has 1 aliphatic heterocycles. The number of ether oxygens (including phenoxy) is 1. The van der Waals surface area contributed by atoms with Crippen LogP contribution in [-0.4, -0.2) is 46.0 Å². The van der Waals surface area contributed by atoms with Gasteiger partial charge >= 0.3 is 5.97 Å². The molecule has 0 saturated heterocycles. The average molecular weight is 576 g/mol. The fourth-order valence-electron chi connectivity index (χ4n) is 4.51. The Labute approximate surface area is 247 Å². The first-order chi connectivity index (χ1) is 20.0. The molecule has 4 rings (SSSR count). The number of aromatic nitrogens is 3. The SMILES string of the molecule is CC(C)C(=O)NOCCC(=O)N1Cc2ccccc2-c2nnn(CCCOC(=O)C(C)(C)C(C)C)c2-c2ccccc21. The van der Waals surface area contributed by atoms with Gasteiger partial charge in [0.25, 0.3) is 0 Å². The molecule has 0 spiro atoms. The number of rotatable bonds is 11. The van der Waals surface area contributed by atoms with E-state index < -0.39 is 5.41 Å². The van der Waals surface area contributed by atoms with E-state index in [-0.39, 0.29) is 49.3 Å². The van der Waals surface area contributed by atoms with E-state index >= 15 is 0 Å². The van der Waals surface area contributed by atoms with Gasteiger partial charge in [-0.15, -0.1) is 5.10 Å². The minimum atomic E-state index is -0.563. The van der Waals surface area contributed by atoms with Crippen molar-refractivity contribution in [1.29, 1.82) is 0 Å². The Morgan fingerprint density at radius 1 is 0.976 bits per heavy atom. The van der Waals surface area contributed by atoms with Gasteiger partial charge in [0.05, 0.1) is 43.0 Å². The molecule has 0 aliphatic carbocycles. The molecule has 1 aliphatic rings. The van der Waals surface area contributed by atoms with Crippen molar-refractivity contribution >= 4 is 23.5 Å². The van der Waals surface area contributed by atoms with E-state index in [1.54, 1.807) is 18.7 Å². The van der Waals surface area contributed by atoms with Gasteiger partial charge in [0, 0.05) is 30.0 Å². The van der Waals surface area contributed by atoms with Gasteiger partial charge in [-0.25, -0.2) is 10.2 Å². The van der Waals surface area contributed by atoms with Crippen molar-refractivity contribution < 1.29 is 24.0 Å². The Morgan fingerprint density at radius 3 is 2.38 bits per heavy atom. The Bertz CT molecular complexity index is 1430. The van der Waals surface area contributed by atoms with Gasteiger partial charge in [0.15, 0.2) is 0 Å². The highest BCUT2D eigenvalue weighted by atomic mass is 16.6. The van der Waals surface area contributed by atoms with Crippen LogP contribution >= 0.6 is 0 Å². The van der Waals surface area contributed by atoms with E-state index in [9.17, 15) is 14.4 Å². The summed E-state index contributed by atoms with van der Waals surface area (Å²) in [5.41, 5.74) is 6.77. The summed E-state index contributed by atoms with van der Waals surface area (Å²) in [6, 6.07) is 15.6. The first kappa shape index (κ1) is 30.9. The average Bonchev–Trinajstić information content (AvgIpc) is 3.38. The maximum absolute atomic E-state index is 13.6. The summed E-state index contributed by atoms with van der Waals surface area (Å²) in [6.45, 7) is 12.5. The third-order valence-corrected chi connectivity index (χ3v) is 7.92. The number of hydroxylamine groups is 1. The highest BCUT2D eigenvalue weighted by Gasteiger charge is 2.33. The minimum absolute atomic E-state index is 0.0503. The van der Waals surface area contributed by atoms with Gasteiger partial charge < -0.3 is 9.64 Å². The smallest absolute Gasteiger partial charge is 0.311 e. The highest BCUT2D eigenvalue weighted by molar-refractivity contribution is 6.00. The Morgan fingerprint density at radius 2 is 1.67 bits per heavy atom. The standard InChI is InChI=1S/C32H41N5O5/c1-21(2)30(39)34-42-19-16-27(38)36-20-23-12-7-8-13-24(23)28-29(25-14-9-10-15-26(25)36)37(35-33-28)17-11-18-41-31(40)32(5,6)22(3)4/h7-10,12-15,21-22H,11,16-20H2,1-6H3,(H,34,39). The number of nitrogens with one attached hydrogen (secondary N) is 1. The second-order valence-corrected chi connectivity index (χ2v) is 11.7. The molecule has 2 amide bonds. The summed E-state index contributed by atoms with van der Waals surface area (Å²) in [6.07, 6.45) is 0.638. The number of hydrogen-bond donors (Lipinski definition) is 1. The van der Waals surface area contributed by atoms with Crippen LogP contribution in [0.2, 0.25) is 0 Å². The number of esters is 1. The van der Waals surface area contributed by atoms with Crippen LogP contribution in [-0.2, 0) is 37.0 Å². The van der Waals surface area contributed by atoms with Crippen molar-refractivity contribution in [3.63, 3.8) is 0 Å². The van der Waals surface area contributed by atoms with Gasteiger partial charge in [-0.05, 0) is 31.4 Å². The van der Waals surface area contributed by atoms with E-state index in [4.69, 9.17) is 9.57 Å². The van der Waals surface area contributed by atoms with Crippen LogP contribution in [0, 0.1) is 17.3 Å². The fourth-order valence-corrected chi connectivity index (χ4v) is 4.51. The maximum atomic E-state index is 13.6. The zero-order chi connectivity index (χ0) is 30.4. The first-order valence-electron chi connectivity index (χ1n) is 14.5. The van der Waals surface area contributed by atoms with Crippen LogP contribution in [0.1, 0.15) is 59.9 Å². The van der Waals surface area contributed by atoms with Crippen molar-refractivity contribution in [3.05, 3.63) is 54.1 Å². The number of anilines is 1. The number of amides is 2. The van der Waals surface area contributed by atoms with E-state index in [0.717, 1.165) is 33.8 Å². The number of nitrogens with zero attached hydrogens (tertiary/aromatic N) is 4.